The van der Waals surface area contributed by atoms with Crippen LogP contribution in [0.1, 0.15) is 16.1 Å². The molecule has 1 aromatic carbocycles. The van der Waals surface area contributed by atoms with Crippen molar-refractivity contribution in [3.05, 3.63) is 35.5 Å². The van der Waals surface area contributed by atoms with Crippen molar-refractivity contribution < 1.29 is 9.90 Å². The summed E-state index contributed by atoms with van der Waals surface area (Å²) >= 11 is 0. The van der Waals surface area contributed by atoms with Crippen molar-refractivity contribution in [3.63, 3.8) is 0 Å². The topological polar surface area (TPSA) is 74.5 Å². The number of likely N-dealkylation sites (N-methyl/N-ethyl adjacent to an activating group) is 1. The minimum atomic E-state index is -1.05. The number of anilines is 1. The van der Waals surface area contributed by atoms with E-state index in [1.165, 1.54) is 4.80 Å². The summed E-state index contributed by atoms with van der Waals surface area (Å²) in [4.78, 5) is 17.1. The maximum Gasteiger partial charge on any atom is 0.360 e. The van der Waals surface area contributed by atoms with Gasteiger partial charge in [0.25, 0.3) is 0 Å². The van der Waals surface area contributed by atoms with E-state index < -0.39 is 5.97 Å². The van der Waals surface area contributed by atoms with Crippen molar-refractivity contribution in [3.8, 4) is 5.69 Å². The molecule has 0 saturated carbocycles. The van der Waals surface area contributed by atoms with Crippen molar-refractivity contribution in [1.29, 1.82) is 0 Å². The highest BCUT2D eigenvalue weighted by Crippen LogP contribution is 2.19. The molecule has 7 nitrogen and oxygen atoms in total. The first-order chi connectivity index (χ1) is 10.5. The molecule has 2 heterocycles. The zero-order valence-corrected chi connectivity index (χ0v) is 12.7. The van der Waals surface area contributed by atoms with E-state index in [0.29, 0.717) is 5.82 Å². The summed E-state index contributed by atoms with van der Waals surface area (Å²) in [6.07, 6.45) is 0. The van der Waals surface area contributed by atoms with E-state index in [1.54, 1.807) is 0 Å². The maximum atomic E-state index is 11.5. The summed E-state index contributed by atoms with van der Waals surface area (Å²) in [5.74, 6) is -0.603. The fourth-order valence-corrected chi connectivity index (χ4v) is 2.46. The molecule has 1 saturated heterocycles. The zero-order chi connectivity index (χ0) is 15.7. The lowest BCUT2D eigenvalue weighted by atomic mass is 10.2. The molecule has 0 spiro atoms. The Kier molecular flexibility index (Phi) is 3.81. The van der Waals surface area contributed by atoms with Gasteiger partial charge in [0.2, 0.25) is 5.69 Å². The molecule has 7 heteroatoms. The van der Waals surface area contributed by atoms with E-state index in [4.69, 9.17) is 0 Å². The van der Waals surface area contributed by atoms with Crippen molar-refractivity contribution in [2.45, 2.75) is 6.92 Å². The number of aryl methyl sites for hydroxylation is 1. The van der Waals surface area contributed by atoms with Crippen LogP contribution in [0, 0.1) is 6.92 Å². The van der Waals surface area contributed by atoms with Crippen LogP contribution < -0.4 is 4.90 Å². The Labute approximate surface area is 128 Å². The molecule has 1 aromatic heterocycles. The fourth-order valence-electron chi connectivity index (χ4n) is 2.46. The Bertz CT molecular complexity index is 672. The van der Waals surface area contributed by atoms with Gasteiger partial charge in [-0.15, -0.1) is 15.0 Å². The number of piperazine rings is 1. The van der Waals surface area contributed by atoms with Gasteiger partial charge in [-0.25, -0.2) is 4.79 Å². The quantitative estimate of drug-likeness (QED) is 0.912. The molecule has 1 aliphatic heterocycles. The highest BCUT2D eigenvalue weighted by Gasteiger charge is 2.25. The molecule has 0 amide bonds. The molecule has 2 aromatic rings. The number of aromatic nitrogens is 3. The third-order valence-electron chi connectivity index (χ3n) is 3.87. The Hall–Kier alpha value is -2.41. The number of nitrogens with zero attached hydrogens (tertiary/aromatic N) is 5. The number of carbonyl (C=O) groups is 1. The predicted molar refractivity (Wildman–Crippen MR) is 82.8 cm³/mol. The first-order valence-corrected chi connectivity index (χ1v) is 7.26. The number of rotatable bonds is 3. The number of carboxylic acids is 1. The van der Waals surface area contributed by atoms with Gasteiger partial charge in [0.15, 0.2) is 5.82 Å². The summed E-state index contributed by atoms with van der Waals surface area (Å²) in [6, 6.07) is 7.67. The number of hydrogen-bond donors (Lipinski definition) is 1. The van der Waals surface area contributed by atoms with Crippen molar-refractivity contribution in [2.24, 2.45) is 0 Å². The third-order valence-corrected chi connectivity index (χ3v) is 3.87. The summed E-state index contributed by atoms with van der Waals surface area (Å²) in [5, 5.41) is 18.0. The van der Waals surface area contributed by atoms with E-state index in [0.717, 1.165) is 37.4 Å². The second-order valence-electron chi connectivity index (χ2n) is 5.59. The smallest absolute Gasteiger partial charge is 0.360 e. The minimum absolute atomic E-state index is 0.00475. The van der Waals surface area contributed by atoms with Crippen molar-refractivity contribution in [1.82, 2.24) is 19.9 Å². The van der Waals surface area contributed by atoms with Crippen LogP contribution >= 0.6 is 0 Å². The molecule has 3 rings (SSSR count). The average Bonchev–Trinajstić information content (AvgIpc) is 2.94. The molecule has 0 radical (unpaired) electrons. The van der Waals surface area contributed by atoms with Gasteiger partial charge >= 0.3 is 5.97 Å². The third kappa shape index (κ3) is 2.80. The molecule has 1 fully saturated rings. The van der Waals surface area contributed by atoms with Crippen molar-refractivity contribution >= 4 is 11.8 Å². The van der Waals surface area contributed by atoms with Crippen LogP contribution in [0.3, 0.4) is 0 Å². The van der Waals surface area contributed by atoms with Gasteiger partial charge in [0.05, 0.1) is 5.69 Å². The van der Waals surface area contributed by atoms with Gasteiger partial charge in [-0.05, 0) is 26.1 Å². The number of carboxylic acid groups (broad SMARTS) is 1. The first kappa shape index (κ1) is 14.5. The predicted octanol–water partition coefficient (Wildman–Crippen LogP) is 1.03. The van der Waals surface area contributed by atoms with Crippen molar-refractivity contribution in [2.75, 3.05) is 38.1 Å². The highest BCUT2D eigenvalue weighted by atomic mass is 16.4. The van der Waals surface area contributed by atoms with Gasteiger partial charge in [-0.2, -0.15) is 0 Å². The van der Waals surface area contributed by atoms with Gasteiger partial charge in [0.1, 0.15) is 0 Å². The second-order valence-corrected chi connectivity index (χ2v) is 5.59. The van der Waals surface area contributed by atoms with E-state index >= 15 is 0 Å². The Morgan fingerprint density at radius 3 is 2.32 bits per heavy atom. The summed E-state index contributed by atoms with van der Waals surface area (Å²) in [6.45, 7) is 5.28. The Morgan fingerprint density at radius 1 is 1.09 bits per heavy atom. The molecular formula is C15H19N5O2. The monoisotopic (exact) mass is 301 g/mol. The van der Waals surface area contributed by atoms with Gasteiger partial charge in [-0.1, -0.05) is 17.7 Å². The highest BCUT2D eigenvalue weighted by molar-refractivity contribution is 5.91. The minimum Gasteiger partial charge on any atom is -0.476 e. The Morgan fingerprint density at radius 2 is 1.73 bits per heavy atom. The van der Waals surface area contributed by atoms with E-state index in [9.17, 15) is 9.90 Å². The molecule has 1 N–H and O–H groups in total. The van der Waals surface area contributed by atoms with Crippen LogP contribution in [0.25, 0.3) is 5.69 Å². The van der Waals surface area contributed by atoms with Crippen LogP contribution in [0.5, 0.6) is 0 Å². The van der Waals surface area contributed by atoms with Crippen LogP contribution in [0.15, 0.2) is 24.3 Å². The molecule has 0 aliphatic carbocycles. The lowest BCUT2D eigenvalue weighted by molar-refractivity contribution is 0.0690. The maximum absolute atomic E-state index is 11.5. The van der Waals surface area contributed by atoms with Gasteiger partial charge in [-0.3, -0.25) is 0 Å². The zero-order valence-electron chi connectivity index (χ0n) is 12.7. The van der Waals surface area contributed by atoms with Crippen LogP contribution in [-0.2, 0) is 0 Å². The van der Waals surface area contributed by atoms with Crippen LogP contribution in [-0.4, -0.2) is 64.2 Å². The lowest BCUT2D eigenvalue weighted by Gasteiger charge is -2.32. The summed E-state index contributed by atoms with van der Waals surface area (Å²) in [5.41, 5.74) is 1.90. The number of aromatic carboxylic acids is 1. The number of benzene rings is 1. The van der Waals surface area contributed by atoms with Gasteiger partial charge in [0, 0.05) is 26.2 Å². The number of hydrogen-bond acceptors (Lipinski definition) is 5. The first-order valence-electron chi connectivity index (χ1n) is 7.26. The van der Waals surface area contributed by atoms with E-state index in [2.05, 4.69) is 22.1 Å². The lowest BCUT2D eigenvalue weighted by Crippen LogP contribution is -2.45. The summed E-state index contributed by atoms with van der Waals surface area (Å²) < 4.78 is 0. The SMILES string of the molecule is Cc1ccc(-n2nc(C(=O)O)c(N3CCN(C)CC3)n2)cc1. The molecule has 0 bridgehead atoms. The average molecular weight is 301 g/mol. The summed E-state index contributed by atoms with van der Waals surface area (Å²) in [7, 11) is 2.05. The van der Waals surface area contributed by atoms with Crippen LogP contribution in [0.2, 0.25) is 0 Å². The van der Waals surface area contributed by atoms with E-state index in [-0.39, 0.29) is 5.69 Å². The Balaban J connectivity index is 1.95. The molecule has 0 atom stereocenters. The normalized spacial score (nSPS) is 16.0. The standard InChI is InChI=1S/C15H19N5O2/c1-11-3-5-12(6-4-11)20-16-13(15(21)22)14(17-20)19-9-7-18(2)8-10-19/h3-6H,7-10H2,1-2H3,(H,21,22). The van der Waals surface area contributed by atoms with Gasteiger partial charge < -0.3 is 14.9 Å². The molecular weight excluding hydrogens is 282 g/mol. The molecule has 116 valence electrons. The van der Waals surface area contributed by atoms with E-state index in [1.807, 2.05) is 36.1 Å². The molecule has 22 heavy (non-hydrogen) atoms. The molecule has 1 aliphatic rings. The largest absolute Gasteiger partial charge is 0.476 e. The van der Waals surface area contributed by atoms with Crippen LogP contribution in [0.4, 0.5) is 5.82 Å². The molecule has 0 unspecified atom stereocenters. The fraction of sp³-hybridized carbons (Fsp3) is 0.400. The second kappa shape index (κ2) is 5.76.